The van der Waals surface area contributed by atoms with Crippen LogP contribution < -0.4 is 0 Å². The van der Waals surface area contributed by atoms with E-state index in [0.29, 0.717) is 5.92 Å². The number of aliphatic hydroxyl groups is 1. The Morgan fingerprint density at radius 1 is 1.57 bits per heavy atom. The van der Waals surface area contributed by atoms with Crippen molar-refractivity contribution in [3.63, 3.8) is 0 Å². The third-order valence-corrected chi connectivity index (χ3v) is 3.38. The Balaban J connectivity index is 2.14. The van der Waals surface area contributed by atoms with Gasteiger partial charge in [0.05, 0.1) is 0 Å². The molecule has 1 fully saturated rings. The Morgan fingerprint density at radius 2 is 2.14 bits per heavy atom. The van der Waals surface area contributed by atoms with Crippen molar-refractivity contribution in [2.24, 2.45) is 5.92 Å². The van der Waals surface area contributed by atoms with Crippen LogP contribution in [0.15, 0.2) is 0 Å². The zero-order chi connectivity index (χ0) is 5.28. The predicted octanol–water partition coefficient (Wildman–Crippen LogP) is 0.654. The summed E-state index contributed by atoms with van der Waals surface area (Å²) in [5.41, 5.74) is 0. The van der Waals surface area contributed by atoms with Gasteiger partial charge >= 0.3 is 71.2 Å². The fourth-order valence-corrected chi connectivity index (χ4v) is 2.02. The molecule has 0 radical (unpaired) electrons. The van der Waals surface area contributed by atoms with Gasteiger partial charge in [-0.25, -0.2) is 0 Å². The molecule has 0 aromatic rings. The van der Waals surface area contributed by atoms with Gasteiger partial charge in [0.25, 0.3) is 0 Å². The number of hydrogen-bond donors (Lipinski definition) is 1. The molecule has 1 saturated carbocycles. The first kappa shape index (κ1) is 6.44. The van der Waals surface area contributed by atoms with E-state index in [4.69, 9.17) is 5.11 Å². The molecule has 1 rings (SSSR count). The quantitative estimate of drug-likeness (QED) is 0.696. The minimum atomic E-state index is 0.119. The Labute approximate surface area is 70.4 Å². The van der Waals surface area contributed by atoms with Gasteiger partial charge < -0.3 is 0 Å². The van der Waals surface area contributed by atoms with E-state index >= 15 is 0 Å². The molecule has 0 aliphatic heterocycles. The molecule has 0 heterocycles. The first-order chi connectivity index (χ1) is 3.30. The van der Waals surface area contributed by atoms with Gasteiger partial charge in [-0.1, -0.05) is 0 Å². The van der Waals surface area contributed by atoms with Crippen molar-refractivity contribution in [2.45, 2.75) is 21.0 Å². The molecular formula is C5H9OPr. The molecule has 7 heavy (non-hydrogen) atoms. The van der Waals surface area contributed by atoms with Gasteiger partial charge in [0.2, 0.25) is 0 Å². The van der Waals surface area contributed by atoms with Crippen molar-refractivity contribution in [3.05, 3.63) is 0 Å². The summed E-state index contributed by atoms with van der Waals surface area (Å²) in [6.45, 7) is 0. The van der Waals surface area contributed by atoms with Crippen molar-refractivity contribution in [3.8, 4) is 0 Å². The van der Waals surface area contributed by atoms with E-state index in [2.05, 4.69) is 0 Å². The van der Waals surface area contributed by atoms with Gasteiger partial charge in [0, 0.05) is 0 Å². The summed E-state index contributed by atoms with van der Waals surface area (Å²) < 4.78 is 0.119. The molecule has 1 nitrogen and oxygen atoms in total. The van der Waals surface area contributed by atoms with Gasteiger partial charge in [0.15, 0.2) is 0 Å². The molecule has 1 N–H and O–H groups in total. The van der Waals surface area contributed by atoms with Crippen molar-refractivity contribution < 1.29 is 44.3 Å². The van der Waals surface area contributed by atoms with Crippen LogP contribution in [0.2, 0.25) is 0 Å². The van der Waals surface area contributed by atoms with Crippen LogP contribution in [0.1, 0.15) is 19.3 Å². The summed E-state index contributed by atoms with van der Waals surface area (Å²) in [6, 6.07) is 0. The monoisotopic (exact) mass is 226 g/mol. The second kappa shape index (κ2) is 2.75. The Kier molecular flexibility index (Phi) is 2.53. The first-order valence-electron chi connectivity index (χ1n) is 2.74. The van der Waals surface area contributed by atoms with Crippen LogP contribution in [0.4, 0.5) is 0 Å². The zero-order valence-corrected chi connectivity index (χ0v) is 8.00. The van der Waals surface area contributed by atoms with E-state index < -0.39 is 0 Å². The van der Waals surface area contributed by atoms with E-state index in [-0.39, 0.29) is 1.69 Å². The van der Waals surface area contributed by atoms with Crippen LogP contribution in [0.25, 0.3) is 0 Å². The van der Waals surface area contributed by atoms with Gasteiger partial charge in [-0.2, -0.15) is 0 Å². The van der Waals surface area contributed by atoms with Crippen LogP contribution in [0, 0.1) is 45.1 Å². The molecule has 0 aromatic carbocycles. The zero-order valence-electron chi connectivity index (χ0n) is 4.30. The topological polar surface area (TPSA) is 20.2 Å². The van der Waals surface area contributed by atoms with Gasteiger partial charge in [-0.3, -0.25) is 0 Å². The average Bonchev–Trinajstić information content (AvgIpc) is 1.23. The summed E-state index contributed by atoms with van der Waals surface area (Å²) >= 11 is 0.787. The molecule has 1 unspecified atom stereocenters. The van der Waals surface area contributed by atoms with E-state index in [0.717, 1.165) is 39.2 Å². The number of rotatable bonds is 1. The fourth-order valence-electron chi connectivity index (χ4n) is 0.781. The maximum atomic E-state index is 8.95. The van der Waals surface area contributed by atoms with Crippen LogP contribution in [-0.4, -0.2) is 6.79 Å². The molecule has 0 amide bonds. The molecular weight excluding hydrogens is 217 g/mol. The van der Waals surface area contributed by atoms with Crippen molar-refractivity contribution in [2.75, 3.05) is 0 Å². The Bertz CT molecular complexity index is 59.1. The van der Waals surface area contributed by atoms with E-state index in [9.17, 15) is 0 Å². The van der Waals surface area contributed by atoms with Crippen LogP contribution in [-0.2, 0) is 0 Å². The Hall–Kier alpha value is 1.32. The molecule has 1 aliphatic rings. The van der Waals surface area contributed by atoms with Gasteiger partial charge in [-0.05, 0) is 0 Å². The SMILES string of the molecule is O[CH]([Pr])C1CCC1. The van der Waals surface area contributed by atoms with E-state index in [1.807, 2.05) is 0 Å². The van der Waals surface area contributed by atoms with Gasteiger partial charge in [-0.15, -0.1) is 0 Å². The molecule has 0 saturated heterocycles. The predicted molar refractivity (Wildman–Crippen MR) is 23.3 cm³/mol. The first-order valence-corrected chi connectivity index (χ1v) is 4.88. The number of hydrogen-bond acceptors (Lipinski definition) is 1. The van der Waals surface area contributed by atoms with Crippen LogP contribution >= 0.6 is 0 Å². The van der Waals surface area contributed by atoms with Gasteiger partial charge in [0.1, 0.15) is 0 Å². The second-order valence-electron chi connectivity index (χ2n) is 2.18. The molecule has 0 spiro atoms. The molecule has 0 aromatic heterocycles. The summed E-state index contributed by atoms with van der Waals surface area (Å²) in [4.78, 5) is 0. The van der Waals surface area contributed by atoms with Crippen LogP contribution in [0.5, 0.6) is 0 Å². The summed E-state index contributed by atoms with van der Waals surface area (Å²) in [5, 5.41) is 8.95. The summed E-state index contributed by atoms with van der Waals surface area (Å²) in [6.07, 6.45) is 3.93. The van der Waals surface area contributed by atoms with Crippen molar-refractivity contribution in [1.29, 1.82) is 0 Å². The van der Waals surface area contributed by atoms with Crippen LogP contribution in [0.3, 0.4) is 0 Å². The normalized spacial score (nSPS) is 26.3. The van der Waals surface area contributed by atoms with E-state index in [1.54, 1.807) is 0 Å². The standard InChI is InChI=1S/C5H9O.Pr/c6-4-5-2-1-3-5;/h4-6H,1-3H2;. The van der Waals surface area contributed by atoms with E-state index in [1.165, 1.54) is 19.3 Å². The molecule has 1 aliphatic carbocycles. The molecule has 1 atom stereocenters. The molecule has 2 heteroatoms. The Morgan fingerprint density at radius 3 is 2.14 bits per heavy atom. The molecule has 0 bridgehead atoms. The number of aliphatic hydroxyl groups excluding tert-OH is 1. The second-order valence-corrected chi connectivity index (χ2v) is 4.37. The third kappa shape index (κ3) is 1.62. The van der Waals surface area contributed by atoms with Crippen molar-refractivity contribution >= 4 is 0 Å². The van der Waals surface area contributed by atoms with Crippen molar-refractivity contribution in [1.82, 2.24) is 0 Å². The fraction of sp³-hybridized carbons (Fsp3) is 1.00. The molecule has 38 valence electrons. The average molecular weight is 226 g/mol. The third-order valence-electron chi connectivity index (χ3n) is 1.63. The maximum absolute atomic E-state index is 8.95. The minimum absolute atomic E-state index is 0.119. The summed E-state index contributed by atoms with van der Waals surface area (Å²) in [5.74, 6) is 0.713. The summed E-state index contributed by atoms with van der Waals surface area (Å²) in [7, 11) is 0.